The molecule has 12 nitrogen and oxygen atoms in total. The van der Waals surface area contributed by atoms with Crippen molar-refractivity contribution in [1.29, 1.82) is 0 Å². The molecule has 2 aromatic rings. The van der Waals surface area contributed by atoms with E-state index in [4.69, 9.17) is 21.1 Å². The van der Waals surface area contributed by atoms with Crippen LogP contribution in [0.4, 0.5) is 15.5 Å². The highest BCUT2D eigenvalue weighted by molar-refractivity contribution is 9.10. The third-order valence-electron chi connectivity index (χ3n) is 5.18. The van der Waals surface area contributed by atoms with Gasteiger partial charge in [0.25, 0.3) is 0 Å². The van der Waals surface area contributed by atoms with Crippen molar-refractivity contribution < 1.29 is 19.1 Å². The Morgan fingerprint density at radius 1 is 0.732 bits per heavy atom. The van der Waals surface area contributed by atoms with Gasteiger partial charge >= 0.3 is 12.2 Å². The maximum Gasteiger partial charge on any atom is 0.410 e. The van der Waals surface area contributed by atoms with Gasteiger partial charge in [0.1, 0.15) is 11.2 Å². The number of nitrogens with zero attached hydrogens (tertiary/aromatic N) is 7. The van der Waals surface area contributed by atoms with Crippen molar-refractivity contribution in [3.05, 3.63) is 39.0 Å². The fraction of sp³-hybridized carbons (Fsp3) is 0.615. The van der Waals surface area contributed by atoms with Gasteiger partial charge < -0.3 is 29.5 Å². The van der Waals surface area contributed by atoms with Crippen LogP contribution in [0.1, 0.15) is 41.5 Å². The van der Waals surface area contributed by atoms with Gasteiger partial charge in [-0.05, 0) is 85.0 Å². The van der Waals surface area contributed by atoms with Gasteiger partial charge in [0.05, 0.1) is 8.95 Å². The smallest absolute Gasteiger partial charge is 0.410 e. The molecule has 2 saturated heterocycles. The van der Waals surface area contributed by atoms with E-state index in [0.717, 1.165) is 35.1 Å². The molecule has 0 radical (unpaired) electrons. The van der Waals surface area contributed by atoms with Gasteiger partial charge in [-0.15, -0.1) is 0 Å². The number of nitrogens with one attached hydrogen (secondary N) is 1. The largest absolute Gasteiger partial charge is 0.444 e. The van der Waals surface area contributed by atoms with Crippen molar-refractivity contribution in [3.63, 3.8) is 0 Å². The first kappa shape index (κ1) is 34.9. The fourth-order valence-electron chi connectivity index (χ4n) is 3.35. The Morgan fingerprint density at radius 2 is 1.12 bits per heavy atom. The SMILES string of the molecule is CC(C)(C)OC(=O)N1CCN(c2ncc(Br)cn2)CC1.CC(C)(C)OC(=O)N1CCNCC1.Clc1ncc(Br)cn1. The molecule has 0 saturated carbocycles. The van der Waals surface area contributed by atoms with Crippen LogP contribution in [0.15, 0.2) is 33.7 Å². The molecule has 228 valence electrons. The summed E-state index contributed by atoms with van der Waals surface area (Å²) in [6.45, 7) is 17.1. The van der Waals surface area contributed by atoms with Gasteiger partial charge in [0, 0.05) is 77.1 Å². The second kappa shape index (κ2) is 16.4. The van der Waals surface area contributed by atoms with Crippen LogP contribution in [0, 0.1) is 0 Å². The van der Waals surface area contributed by atoms with Crippen molar-refractivity contribution >= 4 is 61.6 Å². The predicted molar refractivity (Wildman–Crippen MR) is 165 cm³/mol. The number of halogens is 3. The van der Waals surface area contributed by atoms with Crippen LogP contribution in [0.2, 0.25) is 5.28 Å². The number of piperazine rings is 2. The lowest BCUT2D eigenvalue weighted by atomic mass is 10.2. The quantitative estimate of drug-likeness (QED) is 0.402. The van der Waals surface area contributed by atoms with Crippen LogP contribution < -0.4 is 10.2 Å². The van der Waals surface area contributed by atoms with Gasteiger partial charge in [-0.1, -0.05) is 0 Å². The van der Waals surface area contributed by atoms with E-state index in [2.05, 4.69) is 62.0 Å². The van der Waals surface area contributed by atoms with Crippen LogP contribution in [0.25, 0.3) is 0 Å². The second-order valence-corrected chi connectivity index (χ2v) is 13.2. The molecule has 0 aromatic carbocycles. The molecule has 0 unspecified atom stereocenters. The van der Waals surface area contributed by atoms with Crippen molar-refractivity contribution in [2.24, 2.45) is 0 Å². The lowest BCUT2D eigenvalue weighted by Crippen LogP contribution is -2.50. The number of rotatable bonds is 1. The van der Waals surface area contributed by atoms with Gasteiger partial charge in [0.2, 0.25) is 11.2 Å². The zero-order valence-electron chi connectivity index (χ0n) is 24.4. The van der Waals surface area contributed by atoms with E-state index in [0.29, 0.717) is 32.1 Å². The van der Waals surface area contributed by atoms with Gasteiger partial charge in [-0.2, -0.15) is 0 Å². The Bertz CT molecular complexity index is 1060. The number of ether oxygens (including phenoxy) is 2. The highest BCUT2D eigenvalue weighted by Crippen LogP contribution is 2.16. The molecule has 4 heterocycles. The molecule has 2 amide bonds. The molecule has 4 rings (SSSR count). The molecule has 0 aliphatic carbocycles. The van der Waals surface area contributed by atoms with E-state index >= 15 is 0 Å². The summed E-state index contributed by atoms with van der Waals surface area (Å²) in [6.07, 6.45) is 6.18. The van der Waals surface area contributed by atoms with Crippen molar-refractivity contribution in [2.45, 2.75) is 52.7 Å². The normalized spacial score (nSPS) is 15.6. The first-order valence-corrected chi connectivity index (χ1v) is 15.1. The Hall–Kier alpha value is -2.29. The number of hydrogen-bond donors (Lipinski definition) is 1. The van der Waals surface area contributed by atoms with E-state index < -0.39 is 5.60 Å². The Kier molecular flexibility index (Phi) is 13.9. The number of hydrogen-bond acceptors (Lipinski definition) is 10. The molecule has 2 aromatic heterocycles. The third-order valence-corrected chi connectivity index (χ3v) is 6.19. The van der Waals surface area contributed by atoms with Crippen LogP contribution in [0.3, 0.4) is 0 Å². The van der Waals surface area contributed by atoms with E-state index in [1.54, 1.807) is 34.6 Å². The summed E-state index contributed by atoms with van der Waals surface area (Å²) >= 11 is 11.8. The molecule has 0 spiro atoms. The third kappa shape index (κ3) is 14.4. The number of amides is 2. The Morgan fingerprint density at radius 3 is 1.51 bits per heavy atom. The van der Waals surface area contributed by atoms with Crippen LogP contribution in [-0.2, 0) is 9.47 Å². The second-order valence-electron chi connectivity index (χ2n) is 11.0. The first-order chi connectivity index (χ1) is 19.1. The van der Waals surface area contributed by atoms with Crippen LogP contribution in [-0.4, -0.2) is 105 Å². The van der Waals surface area contributed by atoms with E-state index in [1.807, 2.05) is 41.5 Å². The summed E-state index contributed by atoms with van der Waals surface area (Å²) < 4.78 is 12.3. The Labute approximate surface area is 263 Å². The average molecular weight is 723 g/mol. The summed E-state index contributed by atoms with van der Waals surface area (Å²) in [7, 11) is 0. The maximum atomic E-state index is 11.9. The standard InChI is InChI=1S/C13H19BrN4O2.C9H18N2O2.C4H2BrClN2/c1-13(2,3)20-12(19)18-6-4-17(5-7-18)11-15-8-10(14)9-16-11;1-9(2,3)13-8(12)11-6-4-10-5-7-11;5-3-1-7-4(6)8-2-3/h8-9H,4-7H2,1-3H3;10H,4-7H2,1-3H3;1-2H. The molecular formula is C26H39Br2ClN8O4. The minimum absolute atomic E-state index is 0.200. The van der Waals surface area contributed by atoms with E-state index in [1.165, 1.54) is 0 Å². The molecule has 2 aliphatic rings. The number of aromatic nitrogens is 4. The molecule has 1 N–H and O–H groups in total. The van der Waals surface area contributed by atoms with Gasteiger partial charge in [-0.3, -0.25) is 0 Å². The fourth-order valence-corrected chi connectivity index (χ4v) is 3.86. The van der Waals surface area contributed by atoms with E-state index in [9.17, 15) is 9.59 Å². The zero-order chi connectivity index (χ0) is 30.6. The van der Waals surface area contributed by atoms with Gasteiger partial charge in [0.15, 0.2) is 0 Å². The minimum atomic E-state index is -0.455. The van der Waals surface area contributed by atoms with Gasteiger partial charge in [-0.25, -0.2) is 29.5 Å². The topological polar surface area (TPSA) is 126 Å². The molecular weight excluding hydrogens is 684 g/mol. The number of carbonyl (C=O) groups is 2. The minimum Gasteiger partial charge on any atom is -0.444 e. The summed E-state index contributed by atoms with van der Waals surface area (Å²) in [6, 6.07) is 0. The number of carbonyl (C=O) groups excluding carboxylic acids is 2. The molecule has 2 fully saturated rings. The van der Waals surface area contributed by atoms with E-state index in [-0.39, 0.29) is 23.1 Å². The molecule has 0 bridgehead atoms. The van der Waals surface area contributed by atoms with Crippen molar-refractivity contribution in [3.8, 4) is 0 Å². The monoisotopic (exact) mass is 720 g/mol. The summed E-state index contributed by atoms with van der Waals surface area (Å²) in [5.74, 6) is 0.692. The van der Waals surface area contributed by atoms with Crippen molar-refractivity contribution in [1.82, 2.24) is 35.1 Å². The zero-order valence-corrected chi connectivity index (χ0v) is 28.3. The predicted octanol–water partition coefficient (Wildman–Crippen LogP) is 5.02. The molecule has 2 aliphatic heterocycles. The average Bonchev–Trinajstić information content (AvgIpc) is 2.90. The van der Waals surface area contributed by atoms with Crippen LogP contribution >= 0.6 is 43.5 Å². The first-order valence-electron chi connectivity index (χ1n) is 13.1. The molecule has 15 heteroatoms. The number of anilines is 1. The summed E-state index contributed by atoms with van der Waals surface area (Å²) in [4.78, 5) is 44.9. The summed E-state index contributed by atoms with van der Waals surface area (Å²) in [5.41, 5.74) is -0.842. The summed E-state index contributed by atoms with van der Waals surface area (Å²) in [5, 5.41) is 3.45. The molecule has 41 heavy (non-hydrogen) atoms. The molecule has 0 atom stereocenters. The van der Waals surface area contributed by atoms with Crippen molar-refractivity contribution in [2.75, 3.05) is 57.3 Å². The van der Waals surface area contributed by atoms with Crippen LogP contribution in [0.5, 0.6) is 0 Å². The highest BCUT2D eigenvalue weighted by Gasteiger charge is 2.26. The lowest BCUT2D eigenvalue weighted by Gasteiger charge is -2.35. The Balaban J connectivity index is 0.000000239. The highest BCUT2D eigenvalue weighted by atomic mass is 79.9. The maximum absolute atomic E-state index is 11.9. The lowest BCUT2D eigenvalue weighted by molar-refractivity contribution is 0.0223.